The molecule has 0 saturated carbocycles. The summed E-state index contributed by atoms with van der Waals surface area (Å²) in [6, 6.07) is 20.6. The Kier molecular flexibility index (Phi) is 5.04. The number of ether oxygens (including phenoxy) is 1. The molecule has 1 aromatic heterocycles. The zero-order valence-electron chi connectivity index (χ0n) is 12.9. The second kappa shape index (κ2) is 7.78. The number of nitrogens with one attached hydrogen (secondary N) is 1. The maximum Gasteiger partial charge on any atom is 0.307 e. The van der Waals surface area contributed by atoms with Gasteiger partial charge in [0.25, 0.3) is 0 Å². The predicted octanol–water partition coefficient (Wildman–Crippen LogP) is 3.62. The Bertz CT molecular complexity index is 812. The Morgan fingerprint density at radius 3 is 2.75 bits per heavy atom. The molecule has 5 nitrogen and oxygen atoms in total. The van der Waals surface area contributed by atoms with Crippen LogP contribution in [0.5, 0.6) is 5.75 Å². The summed E-state index contributed by atoms with van der Waals surface area (Å²) in [4.78, 5) is 11.7. The van der Waals surface area contributed by atoms with Crippen LogP contribution in [0.3, 0.4) is 0 Å². The molecular formula is C19H16N2O3. The standard InChI is InChI=1S/C19H16N2O3/c22-19(18-10-5-11-23-18)21-20-13-16-8-4-9-17(12-16)24-14-15-6-2-1-3-7-15/h1-13H,14H2,(H,21,22)/b20-13+. The van der Waals surface area contributed by atoms with Crippen molar-refractivity contribution in [3.63, 3.8) is 0 Å². The van der Waals surface area contributed by atoms with E-state index in [-0.39, 0.29) is 5.76 Å². The third-order valence-corrected chi connectivity index (χ3v) is 3.23. The Labute approximate surface area is 139 Å². The molecule has 1 heterocycles. The third kappa shape index (κ3) is 4.33. The van der Waals surface area contributed by atoms with Crippen LogP contribution in [-0.2, 0) is 6.61 Å². The van der Waals surface area contributed by atoms with Gasteiger partial charge in [-0.2, -0.15) is 5.10 Å². The summed E-state index contributed by atoms with van der Waals surface area (Å²) in [5.41, 5.74) is 4.33. The molecule has 0 bridgehead atoms. The third-order valence-electron chi connectivity index (χ3n) is 3.23. The van der Waals surface area contributed by atoms with E-state index in [1.807, 2.05) is 54.6 Å². The van der Waals surface area contributed by atoms with Gasteiger partial charge in [-0.25, -0.2) is 5.43 Å². The highest BCUT2D eigenvalue weighted by Crippen LogP contribution is 2.14. The first-order valence-electron chi connectivity index (χ1n) is 7.45. The van der Waals surface area contributed by atoms with Crippen molar-refractivity contribution in [3.05, 3.63) is 89.9 Å². The number of rotatable bonds is 6. The number of hydrogen-bond donors (Lipinski definition) is 1. The number of amides is 1. The summed E-state index contributed by atoms with van der Waals surface area (Å²) in [5.74, 6) is 0.556. The molecule has 3 aromatic rings. The Morgan fingerprint density at radius 1 is 1.08 bits per heavy atom. The van der Waals surface area contributed by atoms with Crippen LogP contribution in [0.25, 0.3) is 0 Å². The Hall–Kier alpha value is -3.34. The van der Waals surface area contributed by atoms with Crippen LogP contribution in [0, 0.1) is 0 Å². The van der Waals surface area contributed by atoms with Gasteiger partial charge in [-0.15, -0.1) is 0 Å². The van der Waals surface area contributed by atoms with Crippen LogP contribution >= 0.6 is 0 Å². The Balaban J connectivity index is 1.56. The molecule has 0 spiro atoms. The van der Waals surface area contributed by atoms with Crippen molar-refractivity contribution in [3.8, 4) is 5.75 Å². The summed E-state index contributed by atoms with van der Waals surface area (Å²) in [6.07, 6.45) is 2.99. The molecule has 2 aromatic carbocycles. The van der Waals surface area contributed by atoms with Gasteiger partial charge >= 0.3 is 5.91 Å². The smallest absolute Gasteiger partial charge is 0.307 e. The predicted molar refractivity (Wildman–Crippen MR) is 91.0 cm³/mol. The fourth-order valence-corrected chi connectivity index (χ4v) is 2.05. The van der Waals surface area contributed by atoms with Gasteiger partial charge in [0.2, 0.25) is 0 Å². The number of furan rings is 1. The maximum absolute atomic E-state index is 11.7. The van der Waals surface area contributed by atoms with E-state index >= 15 is 0 Å². The lowest BCUT2D eigenvalue weighted by atomic mass is 10.2. The van der Waals surface area contributed by atoms with Crippen molar-refractivity contribution >= 4 is 12.1 Å². The van der Waals surface area contributed by atoms with Gasteiger partial charge < -0.3 is 9.15 Å². The quantitative estimate of drug-likeness (QED) is 0.557. The average molecular weight is 320 g/mol. The van der Waals surface area contributed by atoms with Crippen LogP contribution in [-0.4, -0.2) is 12.1 Å². The van der Waals surface area contributed by atoms with E-state index in [2.05, 4.69) is 10.5 Å². The molecule has 0 atom stereocenters. The summed E-state index contributed by atoms with van der Waals surface area (Å²) >= 11 is 0. The second-order valence-electron chi connectivity index (χ2n) is 5.02. The van der Waals surface area contributed by atoms with E-state index in [0.29, 0.717) is 6.61 Å². The van der Waals surface area contributed by atoms with E-state index in [1.54, 1.807) is 18.3 Å². The van der Waals surface area contributed by atoms with Crippen LogP contribution in [0.2, 0.25) is 0 Å². The van der Waals surface area contributed by atoms with Crippen LogP contribution in [0.1, 0.15) is 21.7 Å². The normalized spacial score (nSPS) is 10.7. The average Bonchev–Trinajstić information content (AvgIpc) is 3.16. The first-order valence-corrected chi connectivity index (χ1v) is 7.45. The number of hydrogen-bond acceptors (Lipinski definition) is 4. The molecule has 0 fully saturated rings. The molecule has 1 N–H and O–H groups in total. The summed E-state index contributed by atoms with van der Waals surface area (Å²) in [7, 11) is 0. The molecule has 120 valence electrons. The van der Waals surface area contributed by atoms with Gasteiger partial charge in [0.05, 0.1) is 12.5 Å². The maximum atomic E-state index is 11.7. The lowest BCUT2D eigenvalue weighted by molar-refractivity contribution is 0.0927. The number of carbonyl (C=O) groups excluding carboxylic acids is 1. The minimum Gasteiger partial charge on any atom is -0.489 e. The van der Waals surface area contributed by atoms with E-state index < -0.39 is 5.91 Å². The topological polar surface area (TPSA) is 63.8 Å². The van der Waals surface area contributed by atoms with Crippen LogP contribution in [0.4, 0.5) is 0 Å². The highest BCUT2D eigenvalue weighted by atomic mass is 16.5. The molecule has 0 aliphatic rings. The summed E-state index contributed by atoms with van der Waals surface area (Å²) < 4.78 is 10.7. The summed E-state index contributed by atoms with van der Waals surface area (Å²) in [5, 5.41) is 3.92. The van der Waals surface area contributed by atoms with E-state index in [4.69, 9.17) is 9.15 Å². The van der Waals surface area contributed by atoms with E-state index in [1.165, 1.54) is 6.26 Å². The first kappa shape index (κ1) is 15.6. The number of nitrogens with zero attached hydrogens (tertiary/aromatic N) is 1. The highest BCUT2D eigenvalue weighted by Gasteiger charge is 2.05. The van der Waals surface area contributed by atoms with Crippen LogP contribution < -0.4 is 10.2 Å². The molecular weight excluding hydrogens is 304 g/mol. The largest absolute Gasteiger partial charge is 0.489 e. The fourth-order valence-electron chi connectivity index (χ4n) is 2.05. The minimum atomic E-state index is -0.396. The molecule has 0 saturated heterocycles. The van der Waals surface area contributed by atoms with Gasteiger partial charge in [-0.1, -0.05) is 42.5 Å². The van der Waals surface area contributed by atoms with Gasteiger partial charge in [-0.3, -0.25) is 4.79 Å². The van der Waals surface area contributed by atoms with Gasteiger partial charge in [0.1, 0.15) is 12.4 Å². The fraction of sp³-hybridized carbons (Fsp3) is 0.0526. The van der Waals surface area contributed by atoms with Crippen molar-refractivity contribution in [2.24, 2.45) is 5.10 Å². The second-order valence-corrected chi connectivity index (χ2v) is 5.02. The van der Waals surface area contributed by atoms with Crippen LogP contribution in [0.15, 0.2) is 82.5 Å². The van der Waals surface area contributed by atoms with Crippen molar-refractivity contribution in [1.29, 1.82) is 0 Å². The van der Waals surface area contributed by atoms with E-state index in [0.717, 1.165) is 16.9 Å². The molecule has 0 aliphatic carbocycles. The lowest BCUT2D eigenvalue weighted by Crippen LogP contribution is -2.16. The molecule has 3 rings (SSSR count). The SMILES string of the molecule is O=C(N/N=C/c1cccc(OCc2ccccc2)c1)c1ccco1. The zero-order valence-corrected chi connectivity index (χ0v) is 12.9. The number of hydrazone groups is 1. The minimum absolute atomic E-state index is 0.215. The summed E-state index contributed by atoms with van der Waals surface area (Å²) in [6.45, 7) is 0.497. The lowest BCUT2D eigenvalue weighted by Gasteiger charge is -2.06. The molecule has 5 heteroatoms. The van der Waals surface area contributed by atoms with Crippen molar-refractivity contribution in [1.82, 2.24) is 5.43 Å². The van der Waals surface area contributed by atoms with Gasteiger partial charge in [0.15, 0.2) is 5.76 Å². The van der Waals surface area contributed by atoms with Crippen molar-refractivity contribution < 1.29 is 13.9 Å². The highest BCUT2D eigenvalue weighted by molar-refractivity contribution is 5.92. The number of carbonyl (C=O) groups is 1. The molecule has 0 aliphatic heterocycles. The van der Waals surface area contributed by atoms with E-state index in [9.17, 15) is 4.79 Å². The molecule has 0 unspecified atom stereocenters. The van der Waals surface area contributed by atoms with Gasteiger partial charge in [0, 0.05) is 0 Å². The first-order chi connectivity index (χ1) is 11.8. The monoisotopic (exact) mass is 320 g/mol. The van der Waals surface area contributed by atoms with Gasteiger partial charge in [-0.05, 0) is 35.4 Å². The molecule has 1 amide bonds. The van der Waals surface area contributed by atoms with Crippen molar-refractivity contribution in [2.75, 3.05) is 0 Å². The molecule has 24 heavy (non-hydrogen) atoms. The Morgan fingerprint density at radius 2 is 1.96 bits per heavy atom. The number of benzene rings is 2. The zero-order chi connectivity index (χ0) is 16.6. The molecule has 0 radical (unpaired) electrons. The van der Waals surface area contributed by atoms with Crippen molar-refractivity contribution in [2.45, 2.75) is 6.61 Å².